The second-order valence-electron chi connectivity index (χ2n) is 4.42. The summed E-state index contributed by atoms with van der Waals surface area (Å²) in [6.07, 6.45) is 1.25. The molecule has 0 saturated carbocycles. The predicted octanol–water partition coefficient (Wildman–Crippen LogP) is 2.30. The maximum absolute atomic E-state index is 5.71. The van der Waals surface area contributed by atoms with Crippen LogP contribution in [-0.4, -0.2) is 39.0 Å². The van der Waals surface area contributed by atoms with Crippen molar-refractivity contribution in [3.63, 3.8) is 0 Å². The van der Waals surface area contributed by atoms with Crippen LogP contribution in [0.2, 0.25) is 0 Å². The Morgan fingerprint density at radius 1 is 1.42 bits per heavy atom. The molecule has 1 fully saturated rings. The minimum Gasteiger partial charge on any atom is -0.491 e. The number of nitrogens with one attached hydrogen (secondary N) is 2. The number of halogens is 1. The molecule has 0 aliphatic carbocycles. The first-order valence-corrected chi connectivity index (χ1v) is 6.68. The molecule has 0 spiro atoms. The predicted molar refractivity (Wildman–Crippen MR) is 80.6 cm³/mol. The molecule has 0 unspecified atom stereocenters. The van der Waals surface area contributed by atoms with Crippen LogP contribution in [0.1, 0.15) is 13.3 Å². The first-order valence-electron chi connectivity index (χ1n) is 6.68. The van der Waals surface area contributed by atoms with E-state index in [1.165, 1.54) is 0 Å². The smallest absolute Gasteiger partial charge is 0.142 e. The summed E-state index contributed by atoms with van der Waals surface area (Å²) in [6, 6.07) is 8.05. The minimum atomic E-state index is 0. The van der Waals surface area contributed by atoms with Gasteiger partial charge in [-0.2, -0.15) is 0 Å². The Bertz CT molecular complexity index is 357. The standard InChI is InChI=1S/C14H22N2O2.ClH/c1-2-8-18-14-6-4-3-5-13(14)16-11-12-10-15-7-9-17-12;/h3-6,12,15-16H,2,7-11H2,1H3;1H/t12-;/m1./s1. The summed E-state index contributed by atoms with van der Waals surface area (Å²) in [6.45, 7) is 6.31. The number of morpholine rings is 1. The third kappa shape index (κ3) is 5.27. The van der Waals surface area contributed by atoms with Crippen LogP contribution in [-0.2, 0) is 4.74 Å². The highest BCUT2D eigenvalue weighted by Gasteiger charge is 2.13. The van der Waals surface area contributed by atoms with Crippen molar-refractivity contribution in [2.75, 3.05) is 38.2 Å². The van der Waals surface area contributed by atoms with E-state index in [0.717, 1.165) is 50.7 Å². The van der Waals surface area contributed by atoms with Gasteiger partial charge in [0.05, 0.1) is 25.0 Å². The molecule has 1 heterocycles. The molecular weight excluding hydrogens is 264 g/mol. The van der Waals surface area contributed by atoms with Gasteiger partial charge in [-0.1, -0.05) is 19.1 Å². The Morgan fingerprint density at radius 3 is 3.00 bits per heavy atom. The second-order valence-corrected chi connectivity index (χ2v) is 4.42. The third-order valence-electron chi connectivity index (χ3n) is 2.87. The molecule has 2 rings (SSSR count). The van der Waals surface area contributed by atoms with E-state index in [-0.39, 0.29) is 18.5 Å². The molecule has 19 heavy (non-hydrogen) atoms. The molecule has 108 valence electrons. The lowest BCUT2D eigenvalue weighted by molar-refractivity contribution is 0.0372. The number of hydrogen-bond acceptors (Lipinski definition) is 4. The lowest BCUT2D eigenvalue weighted by Crippen LogP contribution is -2.42. The normalized spacial score (nSPS) is 18.5. The van der Waals surface area contributed by atoms with Crippen molar-refractivity contribution in [3.8, 4) is 5.75 Å². The van der Waals surface area contributed by atoms with Gasteiger partial charge >= 0.3 is 0 Å². The SMILES string of the molecule is CCCOc1ccccc1NC[C@H]1CNCCO1.Cl. The summed E-state index contributed by atoms with van der Waals surface area (Å²) >= 11 is 0. The molecule has 1 atom stereocenters. The van der Waals surface area contributed by atoms with E-state index in [1.54, 1.807) is 0 Å². The summed E-state index contributed by atoms with van der Waals surface area (Å²) in [5.74, 6) is 0.920. The van der Waals surface area contributed by atoms with Gasteiger partial charge in [-0.05, 0) is 18.6 Å². The van der Waals surface area contributed by atoms with Crippen molar-refractivity contribution in [3.05, 3.63) is 24.3 Å². The van der Waals surface area contributed by atoms with E-state index >= 15 is 0 Å². The van der Waals surface area contributed by atoms with E-state index in [0.29, 0.717) is 0 Å². The van der Waals surface area contributed by atoms with Crippen LogP contribution in [0.25, 0.3) is 0 Å². The molecule has 1 aromatic carbocycles. The quantitative estimate of drug-likeness (QED) is 0.842. The first-order chi connectivity index (χ1) is 8.90. The van der Waals surface area contributed by atoms with Gasteiger partial charge < -0.3 is 20.1 Å². The molecule has 4 nitrogen and oxygen atoms in total. The average Bonchev–Trinajstić information content (AvgIpc) is 2.45. The molecule has 5 heteroatoms. The van der Waals surface area contributed by atoms with Gasteiger partial charge in [0.1, 0.15) is 5.75 Å². The van der Waals surface area contributed by atoms with Crippen molar-refractivity contribution < 1.29 is 9.47 Å². The van der Waals surface area contributed by atoms with Gasteiger partial charge in [0, 0.05) is 19.6 Å². The maximum Gasteiger partial charge on any atom is 0.142 e. The molecule has 0 aromatic heterocycles. The Labute approximate surface area is 121 Å². The fraction of sp³-hybridized carbons (Fsp3) is 0.571. The Kier molecular flexibility index (Phi) is 7.63. The van der Waals surface area contributed by atoms with Gasteiger partial charge in [-0.15, -0.1) is 12.4 Å². The zero-order chi connectivity index (χ0) is 12.6. The van der Waals surface area contributed by atoms with Crippen molar-refractivity contribution in [2.24, 2.45) is 0 Å². The number of benzene rings is 1. The van der Waals surface area contributed by atoms with E-state index in [9.17, 15) is 0 Å². The van der Waals surface area contributed by atoms with Gasteiger partial charge in [-0.3, -0.25) is 0 Å². The number of rotatable bonds is 6. The van der Waals surface area contributed by atoms with E-state index in [2.05, 4.69) is 17.6 Å². The fourth-order valence-corrected chi connectivity index (χ4v) is 1.93. The molecule has 1 aliphatic heterocycles. The van der Waals surface area contributed by atoms with Gasteiger partial charge in [0.15, 0.2) is 0 Å². The molecule has 2 N–H and O–H groups in total. The number of hydrogen-bond donors (Lipinski definition) is 2. The van der Waals surface area contributed by atoms with Crippen molar-refractivity contribution in [1.29, 1.82) is 0 Å². The zero-order valence-electron chi connectivity index (χ0n) is 11.4. The average molecular weight is 287 g/mol. The van der Waals surface area contributed by atoms with Crippen LogP contribution < -0.4 is 15.4 Å². The minimum absolute atomic E-state index is 0. The summed E-state index contributed by atoms with van der Waals surface area (Å²) < 4.78 is 11.4. The molecule has 1 aromatic rings. The summed E-state index contributed by atoms with van der Waals surface area (Å²) in [5, 5.41) is 6.73. The lowest BCUT2D eigenvalue weighted by Gasteiger charge is -2.24. The van der Waals surface area contributed by atoms with Crippen LogP contribution in [0.15, 0.2) is 24.3 Å². The second kappa shape index (κ2) is 9.02. The van der Waals surface area contributed by atoms with Crippen LogP contribution >= 0.6 is 12.4 Å². The maximum atomic E-state index is 5.71. The van der Waals surface area contributed by atoms with Gasteiger partial charge in [0.25, 0.3) is 0 Å². The lowest BCUT2D eigenvalue weighted by atomic mass is 10.2. The number of anilines is 1. The summed E-state index contributed by atoms with van der Waals surface area (Å²) in [7, 11) is 0. The molecule has 1 aliphatic rings. The van der Waals surface area contributed by atoms with Crippen molar-refractivity contribution in [2.45, 2.75) is 19.4 Å². The Hall–Kier alpha value is -0.970. The van der Waals surface area contributed by atoms with Crippen LogP contribution in [0.5, 0.6) is 5.75 Å². The van der Waals surface area contributed by atoms with Gasteiger partial charge in [0.2, 0.25) is 0 Å². The van der Waals surface area contributed by atoms with Gasteiger partial charge in [-0.25, -0.2) is 0 Å². The fourth-order valence-electron chi connectivity index (χ4n) is 1.93. The molecular formula is C14H23ClN2O2. The summed E-state index contributed by atoms with van der Waals surface area (Å²) in [4.78, 5) is 0. The Balaban J connectivity index is 0.00000180. The monoisotopic (exact) mass is 286 g/mol. The number of para-hydroxylation sites is 2. The first kappa shape index (κ1) is 16.1. The third-order valence-corrected chi connectivity index (χ3v) is 2.87. The topological polar surface area (TPSA) is 42.5 Å². The van der Waals surface area contributed by atoms with E-state index in [4.69, 9.17) is 9.47 Å². The van der Waals surface area contributed by atoms with Crippen LogP contribution in [0.3, 0.4) is 0 Å². The number of ether oxygens (including phenoxy) is 2. The highest BCUT2D eigenvalue weighted by Crippen LogP contribution is 2.23. The zero-order valence-corrected chi connectivity index (χ0v) is 12.2. The van der Waals surface area contributed by atoms with E-state index in [1.807, 2.05) is 24.3 Å². The van der Waals surface area contributed by atoms with Crippen LogP contribution in [0, 0.1) is 0 Å². The molecule has 0 amide bonds. The highest BCUT2D eigenvalue weighted by molar-refractivity contribution is 5.85. The molecule has 0 bridgehead atoms. The Morgan fingerprint density at radius 2 is 2.26 bits per heavy atom. The molecule has 0 radical (unpaired) electrons. The summed E-state index contributed by atoms with van der Waals surface area (Å²) in [5.41, 5.74) is 1.04. The highest BCUT2D eigenvalue weighted by atomic mass is 35.5. The largest absolute Gasteiger partial charge is 0.491 e. The van der Waals surface area contributed by atoms with Crippen LogP contribution in [0.4, 0.5) is 5.69 Å². The van der Waals surface area contributed by atoms with Crippen molar-refractivity contribution in [1.82, 2.24) is 5.32 Å². The van der Waals surface area contributed by atoms with Crippen molar-refractivity contribution >= 4 is 18.1 Å². The molecule has 1 saturated heterocycles. The van der Waals surface area contributed by atoms with E-state index < -0.39 is 0 Å².